The second kappa shape index (κ2) is 12.8. The molecule has 0 radical (unpaired) electrons. The molecule has 5 aromatic rings. The number of methoxy groups -OCH3 is 1. The second-order valence-electron chi connectivity index (χ2n) is 10.9. The van der Waals surface area contributed by atoms with Gasteiger partial charge in [0.05, 0.1) is 29.0 Å². The molecule has 8 heteroatoms. The molecular formula is C37H33N3O4S. The Morgan fingerprint density at radius 2 is 1.62 bits per heavy atom. The van der Waals surface area contributed by atoms with Crippen molar-refractivity contribution in [2.45, 2.75) is 33.4 Å². The summed E-state index contributed by atoms with van der Waals surface area (Å²) in [6.45, 7) is 6.08. The van der Waals surface area contributed by atoms with E-state index in [0.29, 0.717) is 38.6 Å². The van der Waals surface area contributed by atoms with E-state index in [1.165, 1.54) is 11.3 Å². The van der Waals surface area contributed by atoms with Crippen molar-refractivity contribution in [1.82, 2.24) is 4.57 Å². The number of rotatable bonds is 8. The molecular weight excluding hydrogens is 582 g/mol. The van der Waals surface area contributed by atoms with Crippen LogP contribution in [0.4, 0.5) is 5.69 Å². The zero-order chi connectivity index (χ0) is 31.5. The van der Waals surface area contributed by atoms with Gasteiger partial charge >= 0.3 is 0 Å². The molecule has 1 N–H and O–H groups in total. The molecule has 0 bridgehead atoms. The van der Waals surface area contributed by atoms with Gasteiger partial charge in [-0.3, -0.25) is 14.2 Å². The highest BCUT2D eigenvalue weighted by Crippen LogP contribution is 2.31. The molecule has 1 aromatic heterocycles. The summed E-state index contributed by atoms with van der Waals surface area (Å²) < 4.78 is 13.9. The highest BCUT2D eigenvalue weighted by Gasteiger charge is 2.32. The van der Waals surface area contributed by atoms with Crippen LogP contribution in [0.1, 0.15) is 40.8 Å². The van der Waals surface area contributed by atoms with Gasteiger partial charge in [-0.1, -0.05) is 84.1 Å². The maximum atomic E-state index is 14.1. The number of fused-ring (bicyclic) bond motifs is 1. The predicted octanol–water partition coefficient (Wildman–Crippen LogP) is 6.08. The number of carbonyl (C=O) groups excluding carboxylic acids is 1. The number of anilines is 1. The Balaban J connectivity index is 1.40. The van der Waals surface area contributed by atoms with Crippen LogP contribution >= 0.6 is 11.3 Å². The fourth-order valence-corrected chi connectivity index (χ4v) is 6.54. The first-order valence-electron chi connectivity index (χ1n) is 14.6. The number of ether oxygens (including phenoxy) is 2. The number of hydrogen-bond donors (Lipinski definition) is 1. The normalized spacial score (nSPS) is 14.5. The van der Waals surface area contributed by atoms with Crippen LogP contribution in [0.5, 0.6) is 11.5 Å². The molecule has 0 unspecified atom stereocenters. The van der Waals surface area contributed by atoms with Crippen molar-refractivity contribution < 1.29 is 14.3 Å². The lowest BCUT2D eigenvalue weighted by Crippen LogP contribution is -2.40. The molecule has 226 valence electrons. The van der Waals surface area contributed by atoms with Crippen LogP contribution in [0, 0.1) is 13.8 Å². The molecule has 7 nitrogen and oxygen atoms in total. The van der Waals surface area contributed by atoms with Crippen molar-refractivity contribution in [2.24, 2.45) is 4.99 Å². The number of carbonyl (C=O) groups is 1. The summed E-state index contributed by atoms with van der Waals surface area (Å²) in [5, 5.41) is 3.05. The first-order chi connectivity index (χ1) is 21.8. The topological polar surface area (TPSA) is 81.9 Å². The Hall–Kier alpha value is -5.21. The van der Waals surface area contributed by atoms with Crippen LogP contribution in [0.3, 0.4) is 0 Å². The summed E-state index contributed by atoms with van der Waals surface area (Å²) in [5.41, 5.74) is 6.01. The summed E-state index contributed by atoms with van der Waals surface area (Å²) in [6, 6.07) is 30.2. The van der Waals surface area contributed by atoms with E-state index in [1.54, 1.807) is 11.7 Å². The molecule has 1 aliphatic rings. The van der Waals surface area contributed by atoms with E-state index in [4.69, 9.17) is 14.5 Å². The van der Waals surface area contributed by atoms with Crippen LogP contribution in [0.2, 0.25) is 0 Å². The fourth-order valence-electron chi connectivity index (χ4n) is 5.49. The van der Waals surface area contributed by atoms with Gasteiger partial charge in [0.25, 0.3) is 11.5 Å². The first-order valence-corrected chi connectivity index (χ1v) is 15.5. The number of nitrogens with one attached hydrogen (secondary N) is 1. The van der Waals surface area contributed by atoms with Gasteiger partial charge in [0.1, 0.15) is 18.1 Å². The minimum atomic E-state index is -0.637. The average Bonchev–Trinajstić information content (AvgIpc) is 3.35. The van der Waals surface area contributed by atoms with Crippen molar-refractivity contribution in [3.05, 3.63) is 156 Å². The molecule has 0 saturated heterocycles. The SMILES string of the molecule is COc1ccc(C=c2sc3n(c2=O)[C@@H](c2ccccc2)C(C(=O)Nc2ccccc2C)=C(C)N=3)cc1COc1ccccc1C. The fraction of sp³-hybridized carbons (Fsp3) is 0.162. The highest BCUT2D eigenvalue weighted by atomic mass is 32.1. The van der Waals surface area contributed by atoms with Gasteiger partial charge in [0, 0.05) is 11.3 Å². The Morgan fingerprint density at radius 1 is 0.911 bits per heavy atom. The number of hydrogen-bond acceptors (Lipinski definition) is 6. The van der Waals surface area contributed by atoms with E-state index in [-0.39, 0.29) is 11.5 Å². The summed E-state index contributed by atoms with van der Waals surface area (Å²) in [6.07, 6.45) is 1.86. The van der Waals surface area contributed by atoms with Gasteiger partial charge in [0.2, 0.25) is 0 Å². The zero-order valence-corrected chi connectivity index (χ0v) is 26.4. The van der Waals surface area contributed by atoms with Crippen molar-refractivity contribution >= 4 is 29.0 Å². The smallest absolute Gasteiger partial charge is 0.271 e. The number of benzene rings is 4. The minimum Gasteiger partial charge on any atom is -0.496 e. The summed E-state index contributed by atoms with van der Waals surface area (Å²) in [5.74, 6) is 1.21. The van der Waals surface area contributed by atoms with Gasteiger partial charge < -0.3 is 14.8 Å². The van der Waals surface area contributed by atoms with E-state index in [2.05, 4.69) is 5.32 Å². The number of thiazole rings is 1. The summed E-state index contributed by atoms with van der Waals surface area (Å²) in [4.78, 5) is 33.3. The third-order valence-corrected chi connectivity index (χ3v) is 8.84. The molecule has 0 saturated carbocycles. The van der Waals surface area contributed by atoms with Gasteiger partial charge in [-0.25, -0.2) is 4.99 Å². The number of para-hydroxylation sites is 2. The number of aromatic nitrogens is 1. The van der Waals surface area contributed by atoms with Crippen LogP contribution in [-0.4, -0.2) is 17.6 Å². The van der Waals surface area contributed by atoms with Gasteiger partial charge in [-0.15, -0.1) is 0 Å². The molecule has 1 atom stereocenters. The Morgan fingerprint density at radius 3 is 2.36 bits per heavy atom. The molecule has 45 heavy (non-hydrogen) atoms. The van der Waals surface area contributed by atoms with Crippen LogP contribution < -0.4 is 29.7 Å². The van der Waals surface area contributed by atoms with E-state index >= 15 is 0 Å². The molecule has 0 aliphatic carbocycles. The number of aryl methyl sites for hydroxylation is 2. The lowest BCUT2D eigenvalue weighted by atomic mass is 9.95. The molecule has 1 aliphatic heterocycles. The maximum Gasteiger partial charge on any atom is 0.271 e. The van der Waals surface area contributed by atoms with Crippen molar-refractivity contribution in [2.75, 3.05) is 12.4 Å². The second-order valence-corrected chi connectivity index (χ2v) is 11.9. The predicted molar refractivity (Wildman–Crippen MR) is 179 cm³/mol. The Labute approximate surface area is 265 Å². The van der Waals surface area contributed by atoms with Crippen LogP contribution in [0.15, 0.2) is 118 Å². The molecule has 4 aromatic carbocycles. The Kier molecular flexibility index (Phi) is 8.49. The van der Waals surface area contributed by atoms with Gasteiger partial charge in [-0.2, -0.15) is 0 Å². The van der Waals surface area contributed by atoms with E-state index < -0.39 is 6.04 Å². The number of amides is 1. The Bertz CT molecular complexity index is 2110. The van der Waals surface area contributed by atoms with Crippen molar-refractivity contribution in [3.8, 4) is 11.5 Å². The first kappa shape index (κ1) is 29.8. The van der Waals surface area contributed by atoms with E-state index in [9.17, 15) is 9.59 Å². The summed E-state index contributed by atoms with van der Waals surface area (Å²) >= 11 is 1.31. The standard InChI is InChI=1S/C37H33N3O4S/c1-23-12-8-10-16-29(23)39-35(41)33-25(3)38-37-40(34(33)27-14-6-5-7-15-27)36(42)32(45-37)21-26-18-19-31(43-4)28(20-26)22-44-30-17-11-9-13-24(30)2/h5-21,34H,22H2,1-4H3,(H,39,41)/t34-/m0/s1. The van der Waals surface area contributed by atoms with Crippen molar-refractivity contribution in [1.29, 1.82) is 0 Å². The van der Waals surface area contributed by atoms with Crippen LogP contribution in [0.25, 0.3) is 6.08 Å². The third-order valence-electron chi connectivity index (χ3n) is 7.85. The van der Waals surface area contributed by atoms with Gasteiger partial charge in [-0.05, 0) is 73.4 Å². The maximum absolute atomic E-state index is 14.1. The lowest BCUT2D eigenvalue weighted by molar-refractivity contribution is -0.113. The monoisotopic (exact) mass is 615 g/mol. The molecule has 0 spiro atoms. The number of allylic oxidation sites excluding steroid dienone is 1. The highest BCUT2D eigenvalue weighted by molar-refractivity contribution is 7.07. The summed E-state index contributed by atoms with van der Waals surface area (Å²) in [7, 11) is 1.63. The lowest BCUT2D eigenvalue weighted by Gasteiger charge is -2.25. The zero-order valence-electron chi connectivity index (χ0n) is 25.5. The molecule has 0 fully saturated rings. The van der Waals surface area contributed by atoms with E-state index in [1.807, 2.05) is 124 Å². The third kappa shape index (κ3) is 6.10. The number of nitrogens with zero attached hydrogens (tertiary/aromatic N) is 2. The molecule has 2 heterocycles. The minimum absolute atomic E-state index is 0.213. The molecule has 1 amide bonds. The van der Waals surface area contributed by atoms with E-state index in [0.717, 1.165) is 33.6 Å². The largest absolute Gasteiger partial charge is 0.496 e. The van der Waals surface area contributed by atoms with Crippen molar-refractivity contribution in [3.63, 3.8) is 0 Å². The average molecular weight is 616 g/mol. The van der Waals surface area contributed by atoms with Crippen LogP contribution in [-0.2, 0) is 11.4 Å². The molecule has 6 rings (SSSR count). The quantitative estimate of drug-likeness (QED) is 0.230. The van der Waals surface area contributed by atoms with Gasteiger partial charge in [0.15, 0.2) is 4.80 Å².